The van der Waals surface area contributed by atoms with Crippen LogP contribution in [0, 0.1) is 0 Å². The normalized spacial score (nSPS) is 19.1. The van der Waals surface area contributed by atoms with Gasteiger partial charge in [-0.2, -0.15) is 5.10 Å². The van der Waals surface area contributed by atoms with E-state index in [1.54, 1.807) is 18.5 Å². The molecular formula is C12H13N5O. The van der Waals surface area contributed by atoms with Crippen molar-refractivity contribution in [2.75, 3.05) is 6.54 Å². The van der Waals surface area contributed by atoms with Crippen molar-refractivity contribution in [1.82, 2.24) is 25.1 Å². The van der Waals surface area contributed by atoms with Gasteiger partial charge in [-0.1, -0.05) is 0 Å². The SMILES string of the molecule is O=C(c1ccn[nH]1)N1CCC[C@@H]1c1ccncn1. The molecule has 0 aromatic carbocycles. The molecule has 0 unspecified atom stereocenters. The van der Waals surface area contributed by atoms with Gasteiger partial charge in [0.15, 0.2) is 0 Å². The Labute approximate surface area is 104 Å². The van der Waals surface area contributed by atoms with Crippen LogP contribution in [0.4, 0.5) is 0 Å². The number of nitrogens with one attached hydrogen (secondary N) is 1. The average Bonchev–Trinajstić information content (AvgIpc) is 3.10. The minimum atomic E-state index is -0.0198. The van der Waals surface area contributed by atoms with Gasteiger partial charge in [-0.05, 0) is 25.0 Å². The van der Waals surface area contributed by atoms with E-state index < -0.39 is 0 Å². The zero-order valence-corrected chi connectivity index (χ0v) is 9.78. The van der Waals surface area contributed by atoms with Crippen LogP contribution in [-0.2, 0) is 0 Å². The molecule has 1 aliphatic heterocycles. The molecule has 0 saturated carbocycles. The molecule has 0 bridgehead atoms. The summed E-state index contributed by atoms with van der Waals surface area (Å²) >= 11 is 0. The number of hydrogen-bond donors (Lipinski definition) is 1. The molecule has 1 amide bonds. The summed E-state index contributed by atoms with van der Waals surface area (Å²) in [5.74, 6) is -0.0198. The lowest BCUT2D eigenvalue weighted by atomic mass is 10.1. The number of likely N-dealkylation sites (tertiary alicyclic amines) is 1. The van der Waals surface area contributed by atoms with Crippen LogP contribution in [0.3, 0.4) is 0 Å². The third-order valence-corrected chi connectivity index (χ3v) is 3.19. The molecule has 3 heterocycles. The van der Waals surface area contributed by atoms with Crippen LogP contribution in [0.5, 0.6) is 0 Å². The molecule has 18 heavy (non-hydrogen) atoms. The highest BCUT2D eigenvalue weighted by Crippen LogP contribution is 2.31. The molecule has 1 aliphatic rings. The van der Waals surface area contributed by atoms with E-state index in [-0.39, 0.29) is 11.9 Å². The largest absolute Gasteiger partial charge is 0.329 e. The summed E-state index contributed by atoms with van der Waals surface area (Å²) in [6, 6.07) is 3.60. The molecule has 0 aliphatic carbocycles. The van der Waals surface area contributed by atoms with Gasteiger partial charge in [-0.15, -0.1) is 0 Å². The van der Waals surface area contributed by atoms with Crippen molar-refractivity contribution in [2.24, 2.45) is 0 Å². The van der Waals surface area contributed by atoms with Crippen LogP contribution in [-0.4, -0.2) is 37.5 Å². The molecule has 1 atom stereocenters. The number of carbonyl (C=O) groups is 1. The number of hydrogen-bond acceptors (Lipinski definition) is 4. The zero-order valence-electron chi connectivity index (χ0n) is 9.78. The Morgan fingerprint density at radius 3 is 3.06 bits per heavy atom. The summed E-state index contributed by atoms with van der Waals surface area (Å²) < 4.78 is 0. The van der Waals surface area contributed by atoms with E-state index in [4.69, 9.17) is 0 Å². The summed E-state index contributed by atoms with van der Waals surface area (Å²) in [6.07, 6.45) is 6.75. The van der Waals surface area contributed by atoms with Crippen LogP contribution in [0.2, 0.25) is 0 Å². The Morgan fingerprint density at radius 2 is 2.33 bits per heavy atom. The predicted molar refractivity (Wildman–Crippen MR) is 63.6 cm³/mol. The second-order valence-electron chi connectivity index (χ2n) is 4.26. The highest BCUT2D eigenvalue weighted by Gasteiger charge is 2.31. The van der Waals surface area contributed by atoms with Gasteiger partial charge in [0.1, 0.15) is 12.0 Å². The second-order valence-corrected chi connectivity index (χ2v) is 4.26. The lowest BCUT2D eigenvalue weighted by molar-refractivity contribution is 0.0727. The maximum atomic E-state index is 12.3. The van der Waals surface area contributed by atoms with Crippen molar-refractivity contribution < 1.29 is 4.79 Å². The standard InChI is InChI=1S/C12H13N5O/c18-12(10-4-6-15-16-10)17-7-1-2-11(17)9-3-5-13-8-14-9/h3-6,8,11H,1-2,7H2,(H,15,16)/t11-/m1/s1. The fourth-order valence-corrected chi connectivity index (χ4v) is 2.35. The molecule has 2 aromatic heterocycles. The minimum absolute atomic E-state index is 0.0198. The van der Waals surface area contributed by atoms with Gasteiger partial charge in [-0.25, -0.2) is 9.97 Å². The monoisotopic (exact) mass is 243 g/mol. The number of rotatable bonds is 2. The summed E-state index contributed by atoms with van der Waals surface area (Å²) in [4.78, 5) is 22.3. The lowest BCUT2D eigenvalue weighted by Crippen LogP contribution is -2.31. The first-order valence-corrected chi connectivity index (χ1v) is 5.92. The Kier molecular flexibility index (Phi) is 2.76. The first-order chi connectivity index (χ1) is 8.86. The van der Waals surface area contributed by atoms with Crippen molar-refractivity contribution in [1.29, 1.82) is 0 Å². The number of H-pyrrole nitrogens is 1. The molecule has 92 valence electrons. The molecule has 2 aromatic rings. The van der Waals surface area contributed by atoms with Gasteiger partial charge in [0.05, 0.1) is 11.7 Å². The summed E-state index contributed by atoms with van der Waals surface area (Å²) in [5.41, 5.74) is 1.42. The smallest absolute Gasteiger partial charge is 0.272 e. The molecule has 1 fully saturated rings. The van der Waals surface area contributed by atoms with E-state index in [0.717, 1.165) is 25.1 Å². The predicted octanol–water partition coefficient (Wildman–Crippen LogP) is 1.18. The molecular weight excluding hydrogens is 230 g/mol. The van der Waals surface area contributed by atoms with Crippen LogP contribution >= 0.6 is 0 Å². The minimum Gasteiger partial charge on any atom is -0.329 e. The van der Waals surface area contributed by atoms with Gasteiger partial charge >= 0.3 is 0 Å². The summed E-state index contributed by atoms with van der Waals surface area (Å²) in [6.45, 7) is 0.756. The fourth-order valence-electron chi connectivity index (χ4n) is 2.35. The fraction of sp³-hybridized carbons (Fsp3) is 0.333. The Bertz CT molecular complexity index is 525. The van der Waals surface area contributed by atoms with Crippen molar-refractivity contribution >= 4 is 5.91 Å². The van der Waals surface area contributed by atoms with E-state index in [1.807, 2.05) is 11.0 Å². The number of nitrogens with zero attached hydrogens (tertiary/aromatic N) is 4. The molecule has 1 saturated heterocycles. The van der Waals surface area contributed by atoms with E-state index in [0.29, 0.717) is 5.69 Å². The Balaban J connectivity index is 1.86. The highest BCUT2D eigenvalue weighted by molar-refractivity contribution is 5.92. The third-order valence-electron chi connectivity index (χ3n) is 3.19. The first kappa shape index (κ1) is 10.9. The average molecular weight is 243 g/mol. The van der Waals surface area contributed by atoms with E-state index in [9.17, 15) is 4.79 Å². The van der Waals surface area contributed by atoms with E-state index in [2.05, 4.69) is 20.2 Å². The van der Waals surface area contributed by atoms with Crippen LogP contribution in [0.25, 0.3) is 0 Å². The lowest BCUT2D eigenvalue weighted by Gasteiger charge is -2.23. The first-order valence-electron chi connectivity index (χ1n) is 5.92. The van der Waals surface area contributed by atoms with Crippen molar-refractivity contribution in [2.45, 2.75) is 18.9 Å². The zero-order chi connectivity index (χ0) is 12.4. The van der Waals surface area contributed by atoms with Gasteiger partial charge in [0.2, 0.25) is 0 Å². The number of carbonyl (C=O) groups excluding carboxylic acids is 1. The molecule has 6 heteroatoms. The molecule has 6 nitrogen and oxygen atoms in total. The van der Waals surface area contributed by atoms with Crippen LogP contribution < -0.4 is 0 Å². The Hall–Kier alpha value is -2.24. The van der Waals surface area contributed by atoms with Crippen LogP contribution in [0.15, 0.2) is 30.9 Å². The van der Waals surface area contributed by atoms with Gasteiger partial charge in [-0.3, -0.25) is 9.89 Å². The van der Waals surface area contributed by atoms with Gasteiger partial charge < -0.3 is 4.90 Å². The van der Waals surface area contributed by atoms with E-state index >= 15 is 0 Å². The van der Waals surface area contributed by atoms with Gasteiger partial charge in [0.25, 0.3) is 5.91 Å². The molecule has 0 spiro atoms. The quantitative estimate of drug-likeness (QED) is 0.859. The molecule has 1 N–H and O–H groups in total. The number of amides is 1. The summed E-state index contributed by atoms with van der Waals surface area (Å²) in [5, 5.41) is 6.53. The third kappa shape index (κ3) is 1.85. The van der Waals surface area contributed by atoms with E-state index in [1.165, 1.54) is 6.33 Å². The van der Waals surface area contributed by atoms with Gasteiger partial charge in [0, 0.05) is 18.9 Å². The molecule has 0 radical (unpaired) electrons. The maximum absolute atomic E-state index is 12.3. The van der Waals surface area contributed by atoms with Crippen molar-refractivity contribution in [3.63, 3.8) is 0 Å². The van der Waals surface area contributed by atoms with Crippen LogP contribution in [0.1, 0.15) is 35.1 Å². The summed E-state index contributed by atoms with van der Waals surface area (Å²) in [7, 11) is 0. The second kappa shape index (κ2) is 4.56. The highest BCUT2D eigenvalue weighted by atomic mass is 16.2. The molecule has 3 rings (SSSR count). The maximum Gasteiger partial charge on any atom is 0.272 e. The van der Waals surface area contributed by atoms with Crippen molar-refractivity contribution in [3.8, 4) is 0 Å². The topological polar surface area (TPSA) is 74.8 Å². The van der Waals surface area contributed by atoms with Crippen molar-refractivity contribution in [3.05, 3.63) is 42.2 Å². The number of aromatic nitrogens is 4. The number of aromatic amines is 1. The Morgan fingerprint density at radius 1 is 1.39 bits per heavy atom.